The largest absolute Gasteiger partial charge is 0.481 e. The van der Waals surface area contributed by atoms with Crippen molar-refractivity contribution in [3.8, 4) is 0 Å². The number of carbonyl (C=O) groups excluding carboxylic acids is 1. The van der Waals surface area contributed by atoms with E-state index in [4.69, 9.17) is 5.11 Å². The van der Waals surface area contributed by atoms with Crippen molar-refractivity contribution >= 4 is 11.8 Å². The minimum Gasteiger partial charge on any atom is -0.481 e. The monoisotopic (exact) mass is 238 g/mol. The van der Waals surface area contributed by atoms with E-state index in [0.717, 1.165) is 25.7 Å². The second-order valence-electron chi connectivity index (χ2n) is 4.84. The summed E-state index contributed by atoms with van der Waals surface area (Å²) in [6.07, 6.45) is 9.57. The number of hydrogen-bond acceptors (Lipinski definition) is 2. The average Bonchev–Trinajstić information content (AvgIpc) is 2.34. The lowest BCUT2D eigenvalue weighted by Crippen LogP contribution is -2.27. The quantitative estimate of drug-likeness (QED) is 0.723. The summed E-state index contributed by atoms with van der Waals surface area (Å²) < 4.78 is 0. The van der Waals surface area contributed by atoms with Crippen LogP contribution in [0.15, 0.2) is 12.2 Å². The summed E-state index contributed by atoms with van der Waals surface area (Å²) in [7, 11) is 0. The molecular weight excluding hydrogens is 216 g/mol. The van der Waals surface area contributed by atoms with Crippen LogP contribution < -0.4 is 0 Å². The van der Waals surface area contributed by atoms with Crippen LogP contribution in [0, 0.1) is 11.8 Å². The van der Waals surface area contributed by atoms with Gasteiger partial charge >= 0.3 is 5.97 Å². The zero-order chi connectivity index (χ0) is 12.7. The number of rotatable bonds is 6. The van der Waals surface area contributed by atoms with Crippen LogP contribution in [0.4, 0.5) is 0 Å². The number of carboxylic acid groups (broad SMARTS) is 1. The molecule has 0 spiro atoms. The van der Waals surface area contributed by atoms with Crippen molar-refractivity contribution < 1.29 is 14.7 Å². The smallest absolute Gasteiger partial charge is 0.304 e. The number of carboxylic acids is 1. The molecule has 1 fully saturated rings. The zero-order valence-corrected chi connectivity index (χ0v) is 10.5. The summed E-state index contributed by atoms with van der Waals surface area (Å²) in [6, 6.07) is 0. The van der Waals surface area contributed by atoms with Crippen LogP contribution in [0.2, 0.25) is 0 Å². The van der Waals surface area contributed by atoms with Crippen molar-refractivity contribution in [2.24, 2.45) is 11.8 Å². The lowest BCUT2D eigenvalue weighted by atomic mass is 9.76. The highest BCUT2D eigenvalue weighted by Gasteiger charge is 2.30. The summed E-state index contributed by atoms with van der Waals surface area (Å²) in [5.41, 5.74) is 0. The van der Waals surface area contributed by atoms with Gasteiger partial charge in [0.1, 0.15) is 5.78 Å². The van der Waals surface area contributed by atoms with E-state index in [9.17, 15) is 9.59 Å². The van der Waals surface area contributed by atoms with Crippen LogP contribution in [0.1, 0.15) is 51.9 Å². The molecule has 1 rings (SSSR count). The van der Waals surface area contributed by atoms with Gasteiger partial charge < -0.3 is 5.11 Å². The van der Waals surface area contributed by atoms with Gasteiger partial charge in [-0.2, -0.15) is 0 Å². The maximum Gasteiger partial charge on any atom is 0.304 e. The van der Waals surface area contributed by atoms with E-state index in [0.29, 0.717) is 6.42 Å². The molecule has 1 aliphatic carbocycles. The topological polar surface area (TPSA) is 54.4 Å². The van der Waals surface area contributed by atoms with Crippen LogP contribution in [0.25, 0.3) is 0 Å². The molecule has 0 aromatic heterocycles. The number of Topliss-reactive ketones (excluding diaryl/α,β-unsaturated/α-hetero) is 1. The Balaban J connectivity index is 2.63. The predicted octanol–water partition coefficient (Wildman–Crippen LogP) is 3.19. The standard InChI is InChI=1S/C14H22O3/c1-2-3-9-13(15)12(10-14(16)17)11-7-5-4-6-8-11/h2-3,11-12H,4-10H2,1H3,(H,16,17). The van der Waals surface area contributed by atoms with Gasteiger partial charge in [-0.25, -0.2) is 0 Å². The van der Waals surface area contributed by atoms with Crippen molar-refractivity contribution in [1.29, 1.82) is 0 Å². The molecule has 0 heterocycles. The van der Waals surface area contributed by atoms with Gasteiger partial charge in [0.25, 0.3) is 0 Å². The molecule has 1 atom stereocenters. The normalized spacial score (nSPS) is 19.4. The van der Waals surface area contributed by atoms with Gasteiger partial charge in [-0.15, -0.1) is 0 Å². The Morgan fingerprint density at radius 2 is 1.94 bits per heavy atom. The van der Waals surface area contributed by atoms with Gasteiger partial charge in [0, 0.05) is 12.3 Å². The molecule has 1 N–H and O–H groups in total. The van der Waals surface area contributed by atoms with Crippen molar-refractivity contribution in [1.82, 2.24) is 0 Å². The van der Waals surface area contributed by atoms with E-state index >= 15 is 0 Å². The maximum atomic E-state index is 12.0. The molecule has 3 heteroatoms. The number of ketones is 1. The van der Waals surface area contributed by atoms with E-state index < -0.39 is 5.97 Å². The summed E-state index contributed by atoms with van der Waals surface area (Å²) in [6.45, 7) is 1.88. The molecule has 3 nitrogen and oxygen atoms in total. The van der Waals surface area contributed by atoms with Gasteiger partial charge in [0.05, 0.1) is 6.42 Å². The molecule has 0 radical (unpaired) electrons. The van der Waals surface area contributed by atoms with E-state index in [1.54, 1.807) is 0 Å². The summed E-state index contributed by atoms with van der Waals surface area (Å²) in [4.78, 5) is 22.9. The first-order valence-electron chi connectivity index (χ1n) is 6.50. The summed E-state index contributed by atoms with van der Waals surface area (Å²) in [5, 5.41) is 8.92. The molecule has 1 unspecified atom stereocenters. The second-order valence-corrected chi connectivity index (χ2v) is 4.84. The van der Waals surface area contributed by atoms with Crippen LogP contribution in [-0.4, -0.2) is 16.9 Å². The van der Waals surface area contributed by atoms with Crippen LogP contribution >= 0.6 is 0 Å². The van der Waals surface area contributed by atoms with Gasteiger partial charge in [0.2, 0.25) is 0 Å². The van der Waals surface area contributed by atoms with Gasteiger partial charge in [-0.1, -0.05) is 31.4 Å². The Labute approximate surface area is 103 Å². The average molecular weight is 238 g/mol. The lowest BCUT2D eigenvalue weighted by Gasteiger charge is -2.28. The number of carbonyl (C=O) groups is 2. The summed E-state index contributed by atoms with van der Waals surface area (Å²) in [5.74, 6) is -0.742. The molecule has 0 amide bonds. The van der Waals surface area contributed by atoms with Crippen LogP contribution in [0.5, 0.6) is 0 Å². The Kier molecular flexibility index (Phi) is 5.95. The highest BCUT2D eigenvalue weighted by atomic mass is 16.4. The first kappa shape index (κ1) is 13.9. The third-order valence-corrected chi connectivity index (χ3v) is 3.58. The highest BCUT2D eigenvalue weighted by Crippen LogP contribution is 2.33. The van der Waals surface area contributed by atoms with Crippen molar-refractivity contribution in [3.05, 3.63) is 12.2 Å². The van der Waals surface area contributed by atoms with Crippen LogP contribution in [-0.2, 0) is 9.59 Å². The Morgan fingerprint density at radius 1 is 1.29 bits per heavy atom. The van der Waals surface area contributed by atoms with Crippen molar-refractivity contribution in [2.45, 2.75) is 51.9 Å². The molecule has 17 heavy (non-hydrogen) atoms. The van der Waals surface area contributed by atoms with Crippen LogP contribution in [0.3, 0.4) is 0 Å². The molecular formula is C14H22O3. The number of hydrogen-bond donors (Lipinski definition) is 1. The fraction of sp³-hybridized carbons (Fsp3) is 0.714. The molecule has 0 aliphatic heterocycles. The molecule has 0 aromatic carbocycles. The van der Waals surface area contributed by atoms with E-state index in [-0.39, 0.29) is 24.0 Å². The highest BCUT2D eigenvalue weighted by molar-refractivity contribution is 5.86. The van der Waals surface area contributed by atoms with Crippen molar-refractivity contribution in [3.63, 3.8) is 0 Å². The predicted molar refractivity (Wildman–Crippen MR) is 66.8 cm³/mol. The lowest BCUT2D eigenvalue weighted by molar-refractivity contribution is -0.141. The molecule has 0 saturated heterocycles. The second kappa shape index (κ2) is 7.25. The molecule has 1 aliphatic rings. The SMILES string of the molecule is CC=CCC(=O)C(CC(=O)O)C1CCCCC1. The third-order valence-electron chi connectivity index (χ3n) is 3.58. The first-order valence-corrected chi connectivity index (χ1v) is 6.50. The maximum absolute atomic E-state index is 12.0. The number of aliphatic carboxylic acids is 1. The first-order chi connectivity index (χ1) is 8.15. The van der Waals surface area contributed by atoms with E-state index in [1.807, 2.05) is 19.1 Å². The Morgan fingerprint density at radius 3 is 2.47 bits per heavy atom. The van der Waals surface area contributed by atoms with Crippen molar-refractivity contribution in [2.75, 3.05) is 0 Å². The van der Waals surface area contributed by atoms with Gasteiger partial charge in [0.15, 0.2) is 0 Å². The van der Waals surface area contributed by atoms with Gasteiger partial charge in [-0.05, 0) is 25.7 Å². The molecule has 0 bridgehead atoms. The summed E-state index contributed by atoms with van der Waals surface area (Å²) >= 11 is 0. The molecule has 0 aromatic rings. The fourth-order valence-corrected chi connectivity index (χ4v) is 2.65. The Hall–Kier alpha value is -1.12. The third kappa shape index (κ3) is 4.72. The molecule has 1 saturated carbocycles. The van der Waals surface area contributed by atoms with E-state index in [2.05, 4.69) is 0 Å². The van der Waals surface area contributed by atoms with Gasteiger partial charge in [-0.3, -0.25) is 9.59 Å². The Bertz CT molecular complexity index is 288. The minimum absolute atomic E-state index is 0.00105. The minimum atomic E-state index is -0.852. The number of allylic oxidation sites excluding steroid dienone is 2. The van der Waals surface area contributed by atoms with E-state index in [1.165, 1.54) is 6.42 Å². The molecule has 96 valence electrons. The fourth-order valence-electron chi connectivity index (χ4n) is 2.65. The zero-order valence-electron chi connectivity index (χ0n) is 10.5.